The molecule has 1 aliphatic heterocycles. The monoisotopic (exact) mass is 227 g/mol. The summed E-state index contributed by atoms with van der Waals surface area (Å²) in [6, 6.07) is 9.09. The minimum absolute atomic E-state index is 0.0163. The van der Waals surface area contributed by atoms with Gasteiger partial charge in [-0.05, 0) is 26.0 Å². The summed E-state index contributed by atoms with van der Waals surface area (Å²) in [5.74, 6) is 1.23. The second-order valence-electron chi connectivity index (χ2n) is 4.78. The predicted octanol–water partition coefficient (Wildman–Crippen LogP) is 2.64. The third-order valence-corrected chi connectivity index (χ3v) is 3.35. The average molecular weight is 227 g/mol. The van der Waals surface area contributed by atoms with E-state index in [1.165, 1.54) is 6.07 Å². The zero-order valence-corrected chi connectivity index (χ0v) is 9.86. The van der Waals surface area contributed by atoms with Crippen molar-refractivity contribution in [3.8, 4) is 5.88 Å². The number of nitrogens with zero attached hydrogens (tertiary/aromatic N) is 1. The highest BCUT2D eigenvalue weighted by Crippen LogP contribution is 2.39. The Morgan fingerprint density at radius 2 is 2.00 bits per heavy atom. The zero-order valence-electron chi connectivity index (χ0n) is 9.86. The highest BCUT2D eigenvalue weighted by Gasteiger charge is 2.36. The van der Waals surface area contributed by atoms with Gasteiger partial charge in [-0.1, -0.05) is 18.7 Å². The summed E-state index contributed by atoms with van der Waals surface area (Å²) in [6.45, 7) is 7.97. The van der Waals surface area contributed by atoms with Gasteiger partial charge in [0.15, 0.2) is 5.43 Å². The van der Waals surface area contributed by atoms with Gasteiger partial charge in [0.05, 0.1) is 11.1 Å². The summed E-state index contributed by atoms with van der Waals surface area (Å²) in [7, 11) is 0. The molecule has 3 rings (SSSR count). The molecule has 2 heterocycles. The Morgan fingerprint density at radius 3 is 2.76 bits per heavy atom. The van der Waals surface area contributed by atoms with Crippen LogP contribution in [0, 0.1) is 0 Å². The van der Waals surface area contributed by atoms with Gasteiger partial charge in [-0.2, -0.15) is 0 Å². The Kier molecular flexibility index (Phi) is 1.79. The lowest BCUT2D eigenvalue weighted by Gasteiger charge is -2.21. The lowest BCUT2D eigenvalue weighted by molar-refractivity contribution is 0.378. The first-order chi connectivity index (χ1) is 8.01. The van der Waals surface area contributed by atoms with Gasteiger partial charge in [0, 0.05) is 11.5 Å². The minimum Gasteiger partial charge on any atom is -0.443 e. The van der Waals surface area contributed by atoms with E-state index in [0.29, 0.717) is 17.0 Å². The molecular formula is C14H13NO2. The van der Waals surface area contributed by atoms with E-state index in [0.717, 1.165) is 5.52 Å². The van der Waals surface area contributed by atoms with Gasteiger partial charge in [0.25, 0.3) is 0 Å². The topological polar surface area (TPSA) is 31.2 Å². The molecule has 0 unspecified atom stereocenters. The van der Waals surface area contributed by atoms with Gasteiger partial charge in [-0.15, -0.1) is 0 Å². The third kappa shape index (κ3) is 1.19. The van der Waals surface area contributed by atoms with Crippen LogP contribution in [0.3, 0.4) is 0 Å². The second kappa shape index (κ2) is 3.00. The maximum atomic E-state index is 11.9. The lowest BCUT2D eigenvalue weighted by atomic mass is 10.0. The fourth-order valence-electron chi connectivity index (χ4n) is 2.28. The maximum Gasteiger partial charge on any atom is 0.204 e. The van der Waals surface area contributed by atoms with Crippen LogP contribution >= 0.6 is 0 Å². The molecule has 1 aromatic carbocycles. The van der Waals surface area contributed by atoms with Crippen LogP contribution in [-0.4, -0.2) is 4.57 Å². The molecule has 0 radical (unpaired) electrons. The molecule has 0 amide bonds. The van der Waals surface area contributed by atoms with Crippen molar-refractivity contribution >= 4 is 10.9 Å². The number of hydrogen-bond donors (Lipinski definition) is 0. The number of para-hydroxylation sites is 1. The highest BCUT2D eigenvalue weighted by atomic mass is 16.5. The molecule has 1 aliphatic rings. The van der Waals surface area contributed by atoms with Crippen LogP contribution in [0.15, 0.2) is 47.5 Å². The maximum absolute atomic E-state index is 11.9. The van der Waals surface area contributed by atoms with Gasteiger partial charge >= 0.3 is 0 Å². The van der Waals surface area contributed by atoms with Crippen molar-refractivity contribution < 1.29 is 4.74 Å². The Morgan fingerprint density at radius 1 is 1.29 bits per heavy atom. The zero-order chi connectivity index (χ0) is 12.2. The SMILES string of the molecule is C=C1Oc2cc(=O)c3ccccc3n2C1(C)C. The predicted molar refractivity (Wildman–Crippen MR) is 67.3 cm³/mol. The van der Waals surface area contributed by atoms with Crippen molar-refractivity contribution in [2.75, 3.05) is 0 Å². The lowest BCUT2D eigenvalue weighted by Crippen LogP contribution is -2.24. The molecule has 0 N–H and O–H groups in total. The van der Waals surface area contributed by atoms with E-state index in [2.05, 4.69) is 6.58 Å². The van der Waals surface area contributed by atoms with E-state index in [1.54, 1.807) is 0 Å². The number of ether oxygens (including phenoxy) is 1. The van der Waals surface area contributed by atoms with Crippen LogP contribution in [-0.2, 0) is 5.54 Å². The molecule has 0 aliphatic carbocycles. The normalized spacial score (nSPS) is 16.9. The van der Waals surface area contributed by atoms with Gasteiger partial charge in [0.2, 0.25) is 5.88 Å². The number of allylic oxidation sites excluding steroid dienone is 1. The summed E-state index contributed by atoms with van der Waals surface area (Å²) in [4.78, 5) is 11.9. The first-order valence-electron chi connectivity index (χ1n) is 5.54. The van der Waals surface area contributed by atoms with Crippen LogP contribution in [0.1, 0.15) is 13.8 Å². The van der Waals surface area contributed by atoms with Gasteiger partial charge in [-0.3, -0.25) is 9.36 Å². The molecule has 0 spiro atoms. The highest BCUT2D eigenvalue weighted by molar-refractivity contribution is 5.80. The van der Waals surface area contributed by atoms with E-state index >= 15 is 0 Å². The molecule has 0 saturated heterocycles. The Labute approximate surface area is 98.9 Å². The molecule has 86 valence electrons. The number of fused-ring (bicyclic) bond motifs is 3. The average Bonchev–Trinajstić information content (AvgIpc) is 2.50. The molecule has 0 fully saturated rings. The molecule has 0 bridgehead atoms. The number of pyridine rings is 1. The minimum atomic E-state index is -0.331. The van der Waals surface area contributed by atoms with Crippen LogP contribution in [0.25, 0.3) is 10.9 Å². The van der Waals surface area contributed by atoms with E-state index < -0.39 is 0 Å². The second-order valence-corrected chi connectivity index (χ2v) is 4.78. The van der Waals surface area contributed by atoms with Crippen molar-refractivity contribution in [2.45, 2.75) is 19.4 Å². The van der Waals surface area contributed by atoms with Crippen LogP contribution in [0.2, 0.25) is 0 Å². The summed E-state index contributed by atoms with van der Waals surface area (Å²) in [6.07, 6.45) is 0. The quantitative estimate of drug-likeness (QED) is 0.692. The molecule has 3 heteroatoms. The molecule has 0 saturated carbocycles. The van der Waals surface area contributed by atoms with Gasteiger partial charge in [0.1, 0.15) is 5.76 Å². The van der Waals surface area contributed by atoms with E-state index in [9.17, 15) is 4.79 Å². The smallest absolute Gasteiger partial charge is 0.204 e. The summed E-state index contributed by atoms with van der Waals surface area (Å²) in [5, 5.41) is 0.711. The largest absolute Gasteiger partial charge is 0.443 e. The van der Waals surface area contributed by atoms with E-state index in [4.69, 9.17) is 4.74 Å². The Hall–Kier alpha value is -2.03. The summed E-state index contributed by atoms with van der Waals surface area (Å²) < 4.78 is 7.60. The van der Waals surface area contributed by atoms with Crippen molar-refractivity contribution in [3.05, 3.63) is 52.9 Å². The molecule has 0 atom stereocenters. The Bertz CT molecular complexity index is 695. The summed E-state index contributed by atoms with van der Waals surface area (Å²) >= 11 is 0. The Balaban J connectivity index is 2.53. The number of benzene rings is 1. The summed E-state index contributed by atoms with van der Waals surface area (Å²) in [5.41, 5.74) is 0.541. The number of hydrogen-bond acceptors (Lipinski definition) is 2. The number of aromatic nitrogens is 1. The van der Waals surface area contributed by atoms with Crippen molar-refractivity contribution in [3.63, 3.8) is 0 Å². The van der Waals surface area contributed by atoms with Crippen molar-refractivity contribution in [1.82, 2.24) is 4.57 Å². The standard InChI is InChI=1S/C14H13NO2/c1-9-14(2,3)15-11-7-5-4-6-10(11)12(16)8-13(15)17-9/h4-8H,1H2,2-3H3. The number of rotatable bonds is 0. The van der Waals surface area contributed by atoms with E-state index in [1.807, 2.05) is 42.7 Å². The van der Waals surface area contributed by atoms with Crippen molar-refractivity contribution in [2.24, 2.45) is 0 Å². The molecule has 3 nitrogen and oxygen atoms in total. The first-order valence-corrected chi connectivity index (χ1v) is 5.54. The van der Waals surface area contributed by atoms with Crippen LogP contribution in [0.5, 0.6) is 5.88 Å². The molecule has 2 aromatic rings. The van der Waals surface area contributed by atoms with Gasteiger partial charge in [-0.25, -0.2) is 0 Å². The molecule has 1 aromatic heterocycles. The fraction of sp³-hybridized carbons (Fsp3) is 0.214. The van der Waals surface area contributed by atoms with Gasteiger partial charge < -0.3 is 4.74 Å². The fourth-order valence-corrected chi connectivity index (χ4v) is 2.28. The third-order valence-electron chi connectivity index (χ3n) is 3.35. The molecule has 17 heavy (non-hydrogen) atoms. The van der Waals surface area contributed by atoms with Crippen LogP contribution < -0.4 is 10.2 Å². The first kappa shape index (κ1) is 10.1. The van der Waals surface area contributed by atoms with Crippen LogP contribution in [0.4, 0.5) is 0 Å². The van der Waals surface area contributed by atoms with E-state index in [-0.39, 0.29) is 11.0 Å². The molecular weight excluding hydrogens is 214 g/mol. The van der Waals surface area contributed by atoms with Crippen molar-refractivity contribution in [1.29, 1.82) is 0 Å².